The van der Waals surface area contributed by atoms with Crippen LogP contribution in [0.1, 0.15) is 39.3 Å². The normalized spacial score (nSPS) is 13.5. The second-order valence-corrected chi connectivity index (χ2v) is 8.75. The van der Waals surface area contributed by atoms with Gasteiger partial charge in [-0.15, -0.1) is 0 Å². The van der Waals surface area contributed by atoms with Crippen LogP contribution in [0.5, 0.6) is 5.75 Å². The average molecular weight is 435 g/mol. The molecule has 1 aliphatic rings. The Balaban J connectivity index is 1.43. The number of carbonyl (C=O) groups is 2. The van der Waals surface area contributed by atoms with Gasteiger partial charge < -0.3 is 15.4 Å². The first-order valence-electron chi connectivity index (χ1n) is 10.5. The van der Waals surface area contributed by atoms with Crippen molar-refractivity contribution in [1.82, 2.24) is 19.7 Å². The molecule has 2 aromatic heterocycles. The van der Waals surface area contributed by atoms with Gasteiger partial charge in [0.2, 0.25) is 5.91 Å². The van der Waals surface area contributed by atoms with Crippen LogP contribution in [0.2, 0.25) is 0 Å². The number of aromatic nitrogens is 4. The van der Waals surface area contributed by atoms with Gasteiger partial charge in [-0.1, -0.05) is 26.8 Å². The number of hydrogen-bond donors (Lipinski definition) is 2. The summed E-state index contributed by atoms with van der Waals surface area (Å²) in [5.74, 6) is 1.09. The lowest BCUT2D eigenvalue weighted by Gasteiger charge is -2.13. The zero-order valence-electron chi connectivity index (χ0n) is 18.3. The van der Waals surface area contributed by atoms with E-state index in [2.05, 4.69) is 25.7 Å². The van der Waals surface area contributed by atoms with Crippen LogP contribution in [0, 0.1) is 5.92 Å². The smallest absolute Gasteiger partial charge is 0.263 e. The SMILES string of the molecule is CC(C)(C)c1cc(NC(=O)COc2cccc(NC(=O)C3CC3)c2)n(-c2ncccn2)n1. The van der Waals surface area contributed by atoms with Gasteiger partial charge >= 0.3 is 0 Å². The van der Waals surface area contributed by atoms with Crippen LogP contribution in [0.25, 0.3) is 5.95 Å². The highest BCUT2D eigenvalue weighted by atomic mass is 16.5. The molecular weight excluding hydrogens is 408 g/mol. The molecule has 2 N–H and O–H groups in total. The van der Waals surface area contributed by atoms with Crippen LogP contribution in [0.3, 0.4) is 0 Å². The summed E-state index contributed by atoms with van der Waals surface area (Å²) in [6, 6.07) is 10.5. The number of hydrogen-bond acceptors (Lipinski definition) is 6. The first kappa shape index (κ1) is 21.5. The fourth-order valence-corrected chi connectivity index (χ4v) is 2.97. The summed E-state index contributed by atoms with van der Waals surface area (Å²) < 4.78 is 7.14. The molecular formula is C23H26N6O3. The van der Waals surface area contributed by atoms with Gasteiger partial charge in [0.25, 0.3) is 11.9 Å². The zero-order chi connectivity index (χ0) is 22.7. The molecule has 166 valence electrons. The second-order valence-electron chi connectivity index (χ2n) is 8.75. The molecule has 0 bridgehead atoms. The molecule has 4 rings (SSSR count). The van der Waals surface area contributed by atoms with Crippen molar-refractivity contribution >= 4 is 23.3 Å². The lowest BCUT2D eigenvalue weighted by atomic mass is 9.92. The molecule has 0 radical (unpaired) electrons. The van der Waals surface area contributed by atoms with E-state index in [0.29, 0.717) is 23.2 Å². The van der Waals surface area contributed by atoms with Crippen molar-refractivity contribution in [3.63, 3.8) is 0 Å². The maximum atomic E-state index is 12.6. The van der Waals surface area contributed by atoms with Gasteiger partial charge in [-0.3, -0.25) is 9.59 Å². The summed E-state index contributed by atoms with van der Waals surface area (Å²) in [6.07, 6.45) is 5.10. The molecule has 2 heterocycles. The van der Waals surface area contributed by atoms with Crippen molar-refractivity contribution in [2.24, 2.45) is 5.92 Å². The molecule has 9 heteroatoms. The summed E-state index contributed by atoms with van der Waals surface area (Å²) in [5.41, 5.74) is 1.22. The van der Waals surface area contributed by atoms with Gasteiger partial charge in [-0.2, -0.15) is 9.78 Å². The molecule has 1 saturated carbocycles. The van der Waals surface area contributed by atoms with Crippen molar-refractivity contribution in [3.05, 3.63) is 54.5 Å². The Hall–Kier alpha value is -3.75. The molecule has 0 spiro atoms. The van der Waals surface area contributed by atoms with E-state index in [9.17, 15) is 9.59 Å². The number of anilines is 2. The predicted octanol–water partition coefficient (Wildman–Crippen LogP) is 3.33. The van der Waals surface area contributed by atoms with Gasteiger partial charge in [0.05, 0.1) is 5.69 Å². The molecule has 1 fully saturated rings. The van der Waals surface area contributed by atoms with E-state index in [1.54, 1.807) is 42.7 Å². The van der Waals surface area contributed by atoms with Gasteiger partial charge in [-0.05, 0) is 31.0 Å². The summed E-state index contributed by atoms with van der Waals surface area (Å²) in [4.78, 5) is 33.0. The Labute approximate surface area is 186 Å². The molecule has 32 heavy (non-hydrogen) atoms. The maximum Gasteiger partial charge on any atom is 0.263 e. The first-order valence-corrected chi connectivity index (χ1v) is 10.5. The van der Waals surface area contributed by atoms with Crippen molar-refractivity contribution in [1.29, 1.82) is 0 Å². The van der Waals surface area contributed by atoms with Crippen molar-refractivity contribution in [3.8, 4) is 11.7 Å². The quantitative estimate of drug-likeness (QED) is 0.590. The third-order valence-corrected chi connectivity index (χ3v) is 4.91. The second kappa shape index (κ2) is 8.78. The number of rotatable bonds is 7. The molecule has 1 aliphatic carbocycles. The third kappa shape index (κ3) is 5.29. The first-order chi connectivity index (χ1) is 15.3. The number of carbonyl (C=O) groups excluding carboxylic acids is 2. The molecule has 2 amide bonds. The summed E-state index contributed by atoms with van der Waals surface area (Å²) in [6.45, 7) is 5.91. The predicted molar refractivity (Wildman–Crippen MR) is 120 cm³/mol. The van der Waals surface area contributed by atoms with E-state index in [1.807, 2.05) is 26.8 Å². The van der Waals surface area contributed by atoms with Crippen LogP contribution in [-0.4, -0.2) is 38.2 Å². The van der Waals surface area contributed by atoms with Crippen LogP contribution in [-0.2, 0) is 15.0 Å². The van der Waals surface area contributed by atoms with Crippen LogP contribution in [0.4, 0.5) is 11.5 Å². The molecule has 9 nitrogen and oxygen atoms in total. The van der Waals surface area contributed by atoms with Crippen LogP contribution >= 0.6 is 0 Å². The minimum atomic E-state index is -0.352. The van der Waals surface area contributed by atoms with E-state index in [0.717, 1.165) is 18.5 Å². The Morgan fingerprint density at radius 3 is 2.53 bits per heavy atom. The molecule has 0 atom stereocenters. The average Bonchev–Trinajstić information content (AvgIpc) is 3.53. The standard InChI is InChI=1S/C23H26N6O3/c1-23(2,3)18-13-19(29(28-18)22-24-10-5-11-25-22)27-20(30)14-32-17-7-4-6-16(12-17)26-21(31)15-8-9-15/h4-7,10-13,15H,8-9,14H2,1-3H3,(H,26,31)(H,27,30). The molecule has 0 unspecified atom stereocenters. The van der Waals surface area contributed by atoms with E-state index in [4.69, 9.17) is 4.74 Å². The number of ether oxygens (including phenoxy) is 1. The van der Waals surface area contributed by atoms with E-state index in [1.165, 1.54) is 4.68 Å². The van der Waals surface area contributed by atoms with Crippen LogP contribution < -0.4 is 15.4 Å². The Kier molecular flexibility index (Phi) is 5.89. The number of amides is 2. The number of nitrogens with one attached hydrogen (secondary N) is 2. The van der Waals surface area contributed by atoms with Crippen molar-refractivity contribution < 1.29 is 14.3 Å². The fourth-order valence-electron chi connectivity index (χ4n) is 2.97. The van der Waals surface area contributed by atoms with Gasteiger partial charge in [0.1, 0.15) is 11.6 Å². The number of nitrogens with zero attached hydrogens (tertiary/aromatic N) is 4. The monoisotopic (exact) mass is 434 g/mol. The summed E-state index contributed by atoms with van der Waals surface area (Å²) >= 11 is 0. The van der Waals surface area contributed by atoms with Gasteiger partial charge in [-0.25, -0.2) is 9.97 Å². The van der Waals surface area contributed by atoms with E-state index < -0.39 is 0 Å². The lowest BCUT2D eigenvalue weighted by molar-refractivity contribution is -0.118. The highest BCUT2D eigenvalue weighted by molar-refractivity contribution is 5.94. The highest BCUT2D eigenvalue weighted by Gasteiger charge is 2.29. The third-order valence-electron chi connectivity index (χ3n) is 4.91. The topological polar surface area (TPSA) is 111 Å². The Morgan fingerprint density at radius 1 is 1.09 bits per heavy atom. The fraction of sp³-hybridized carbons (Fsp3) is 0.348. The van der Waals surface area contributed by atoms with E-state index in [-0.39, 0.29) is 29.8 Å². The van der Waals surface area contributed by atoms with Gasteiger partial charge in [0.15, 0.2) is 6.61 Å². The van der Waals surface area contributed by atoms with Crippen molar-refractivity contribution in [2.45, 2.75) is 39.0 Å². The minimum absolute atomic E-state index is 0.0194. The summed E-state index contributed by atoms with van der Waals surface area (Å²) in [5, 5.41) is 10.3. The molecule has 1 aromatic carbocycles. The highest BCUT2D eigenvalue weighted by Crippen LogP contribution is 2.30. The van der Waals surface area contributed by atoms with Gasteiger partial charge in [0, 0.05) is 41.5 Å². The minimum Gasteiger partial charge on any atom is -0.484 e. The number of benzene rings is 1. The van der Waals surface area contributed by atoms with E-state index >= 15 is 0 Å². The Bertz CT molecular complexity index is 1120. The maximum absolute atomic E-state index is 12.6. The van der Waals surface area contributed by atoms with Crippen LogP contribution in [0.15, 0.2) is 48.8 Å². The van der Waals surface area contributed by atoms with Crippen molar-refractivity contribution in [2.75, 3.05) is 17.2 Å². The summed E-state index contributed by atoms with van der Waals surface area (Å²) in [7, 11) is 0. The zero-order valence-corrected chi connectivity index (χ0v) is 18.3. The molecule has 3 aromatic rings. The largest absolute Gasteiger partial charge is 0.484 e. The molecule has 0 saturated heterocycles. The lowest BCUT2D eigenvalue weighted by Crippen LogP contribution is -2.22. The Morgan fingerprint density at radius 2 is 1.84 bits per heavy atom. The molecule has 0 aliphatic heterocycles.